The van der Waals surface area contributed by atoms with Crippen LogP contribution in [-0.2, 0) is 0 Å². The van der Waals surface area contributed by atoms with E-state index in [9.17, 15) is 5.11 Å². The summed E-state index contributed by atoms with van der Waals surface area (Å²) in [6.07, 6.45) is 0. The Balaban J connectivity index is 1.97. The van der Waals surface area contributed by atoms with Gasteiger partial charge in [0.15, 0.2) is 11.5 Å². The number of phenolic OH excluding ortho intramolecular Hbond substituents is 1. The Hall–Kier alpha value is -1.71. The molecule has 0 aliphatic carbocycles. The van der Waals surface area contributed by atoms with Gasteiger partial charge in [-0.3, -0.25) is 0 Å². The number of benzene rings is 2. The Morgan fingerprint density at radius 1 is 1.14 bits per heavy atom. The summed E-state index contributed by atoms with van der Waals surface area (Å²) < 4.78 is 6.03. The van der Waals surface area contributed by atoms with E-state index in [0.29, 0.717) is 22.6 Å². The number of hydrogen-bond acceptors (Lipinski definition) is 3. The molecule has 1 saturated heterocycles. The van der Waals surface area contributed by atoms with Crippen LogP contribution in [0.3, 0.4) is 0 Å². The van der Waals surface area contributed by atoms with Crippen molar-refractivity contribution < 1.29 is 9.84 Å². The molecule has 2 atom stereocenters. The average Bonchev–Trinajstić information content (AvgIpc) is 2.78. The van der Waals surface area contributed by atoms with Crippen LogP contribution in [0, 0.1) is 0 Å². The van der Waals surface area contributed by atoms with Crippen molar-refractivity contribution in [2.45, 2.75) is 11.8 Å². The lowest BCUT2D eigenvalue weighted by Crippen LogP contribution is -2.14. The van der Waals surface area contributed by atoms with E-state index in [1.807, 2.05) is 24.3 Å². The first-order valence-electron chi connectivity index (χ1n) is 7.11. The van der Waals surface area contributed by atoms with E-state index in [2.05, 4.69) is 18.0 Å². The predicted octanol–water partition coefficient (Wildman–Crippen LogP) is 3.96. The topological polar surface area (TPSA) is 32.7 Å². The van der Waals surface area contributed by atoms with Crippen LogP contribution < -0.4 is 4.74 Å². The van der Waals surface area contributed by atoms with E-state index in [4.69, 9.17) is 16.3 Å². The third-order valence-electron chi connectivity index (χ3n) is 4.50. The molecule has 0 saturated carbocycles. The lowest BCUT2D eigenvalue weighted by atomic mass is 9.84. The second-order valence-electron chi connectivity index (χ2n) is 5.92. The number of likely N-dealkylation sites (N-methyl/N-ethyl adjacent to an activating group) is 1. The Morgan fingerprint density at radius 3 is 2.67 bits per heavy atom. The van der Waals surface area contributed by atoms with Gasteiger partial charge >= 0.3 is 0 Å². The summed E-state index contributed by atoms with van der Waals surface area (Å²) in [6, 6.07) is 11.6. The summed E-state index contributed by atoms with van der Waals surface area (Å²) >= 11 is 6.14. The van der Waals surface area contributed by atoms with Gasteiger partial charge in [0.2, 0.25) is 0 Å². The fourth-order valence-corrected chi connectivity index (χ4v) is 3.83. The van der Waals surface area contributed by atoms with Gasteiger partial charge in [0.1, 0.15) is 5.75 Å². The van der Waals surface area contributed by atoms with E-state index < -0.39 is 0 Å². The normalized spacial score (nSPS) is 23.7. The molecule has 2 unspecified atom stereocenters. The highest BCUT2D eigenvalue weighted by molar-refractivity contribution is 6.30. The van der Waals surface area contributed by atoms with Gasteiger partial charge in [-0.2, -0.15) is 0 Å². The van der Waals surface area contributed by atoms with Gasteiger partial charge in [0.05, 0.1) is 0 Å². The molecular weight excluding hydrogens is 286 g/mol. The molecule has 0 spiro atoms. The van der Waals surface area contributed by atoms with Crippen molar-refractivity contribution in [2.75, 3.05) is 20.1 Å². The van der Waals surface area contributed by atoms with Crippen molar-refractivity contribution in [1.82, 2.24) is 4.90 Å². The molecule has 2 aromatic rings. The standard InChI is InChI=1S/C17H16ClNO2/c1-19-8-13-11-4-2-3-5-16(11)21-17-12(14(13)9-19)6-10(18)7-15(17)20/h2-7,13-14,20H,8-9H2,1H3. The van der Waals surface area contributed by atoms with Gasteiger partial charge in [-0.1, -0.05) is 29.8 Å². The maximum atomic E-state index is 10.3. The van der Waals surface area contributed by atoms with Gasteiger partial charge in [0, 0.05) is 41.6 Å². The zero-order valence-electron chi connectivity index (χ0n) is 11.7. The molecule has 2 aliphatic heterocycles. The highest BCUT2D eigenvalue weighted by atomic mass is 35.5. The first-order valence-corrected chi connectivity index (χ1v) is 7.49. The quantitative estimate of drug-likeness (QED) is 0.799. The maximum Gasteiger partial charge on any atom is 0.172 e. The number of nitrogens with zero attached hydrogens (tertiary/aromatic N) is 1. The minimum atomic E-state index is 0.113. The summed E-state index contributed by atoms with van der Waals surface area (Å²) in [5.74, 6) is 2.15. The minimum absolute atomic E-state index is 0.113. The highest BCUT2D eigenvalue weighted by Crippen LogP contribution is 2.52. The first-order chi connectivity index (χ1) is 10.1. The Morgan fingerprint density at radius 2 is 1.86 bits per heavy atom. The van der Waals surface area contributed by atoms with Crippen LogP contribution in [0.5, 0.6) is 17.2 Å². The predicted molar refractivity (Wildman–Crippen MR) is 82.6 cm³/mol. The van der Waals surface area contributed by atoms with Crippen LogP contribution in [0.25, 0.3) is 0 Å². The zero-order valence-corrected chi connectivity index (χ0v) is 12.5. The molecule has 0 radical (unpaired) electrons. The van der Waals surface area contributed by atoms with E-state index in [1.165, 1.54) is 5.56 Å². The molecule has 3 nitrogen and oxygen atoms in total. The monoisotopic (exact) mass is 301 g/mol. The number of likely N-dealkylation sites (tertiary alicyclic amines) is 1. The number of fused-ring (bicyclic) bond motifs is 5. The fourth-order valence-electron chi connectivity index (χ4n) is 3.61. The molecule has 2 heterocycles. The van der Waals surface area contributed by atoms with Crippen molar-refractivity contribution >= 4 is 11.6 Å². The third-order valence-corrected chi connectivity index (χ3v) is 4.71. The van der Waals surface area contributed by atoms with Crippen molar-refractivity contribution in [1.29, 1.82) is 0 Å². The largest absolute Gasteiger partial charge is 0.504 e. The second kappa shape index (κ2) is 4.65. The smallest absolute Gasteiger partial charge is 0.172 e. The molecule has 1 N–H and O–H groups in total. The molecule has 1 fully saturated rings. The van der Waals surface area contributed by atoms with Crippen LogP contribution >= 0.6 is 11.6 Å². The average molecular weight is 302 g/mol. The van der Waals surface area contributed by atoms with Crippen molar-refractivity contribution in [3.63, 3.8) is 0 Å². The van der Waals surface area contributed by atoms with Crippen LogP contribution in [0.4, 0.5) is 0 Å². The van der Waals surface area contributed by atoms with Crippen molar-refractivity contribution in [3.8, 4) is 17.2 Å². The van der Waals surface area contributed by atoms with Crippen LogP contribution in [0.1, 0.15) is 23.0 Å². The lowest BCUT2D eigenvalue weighted by molar-refractivity contribution is 0.390. The molecule has 2 aliphatic rings. The molecule has 21 heavy (non-hydrogen) atoms. The van der Waals surface area contributed by atoms with Crippen molar-refractivity contribution in [2.24, 2.45) is 0 Å². The second-order valence-corrected chi connectivity index (χ2v) is 6.35. The summed E-state index contributed by atoms with van der Waals surface area (Å²) in [4.78, 5) is 2.32. The minimum Gasteiger partial charge on any atom is -0.504 e. The van der Waals surface area contributed by atoms with Gasteiger partial charge in [-0.05, 0) is 24.7 Å². The van der Waals surface area contributed by atoms with Crippen molar-refractivity contribution in [3.05, 3.63) is 52.5 Å². The zero-order chi connectivity index (χ0) is 14.6. The van der Waals surface area contributed by atoms with Gasteiger partial charge in [0.25, 0.3) is 0 Å². The fraction of sp³-hybridized carbons (Fsp3) is 0.294. The van der Waals surface area contributed by atoms with E-state index >= 15 is 0 Å². The number of para-hydroxylation sites is 1. The van der Waals surface area contributed by atoms with Crippen LogP contribution in [0.15, 0.2) is 36.4 Å². The number of phenols is 1. The number of aromatic hydroxyl groups is 1. The van der Waals surface area contributed by atoms with Crippen LogP contribution in [-0.4, -0.2) is 30.1 Å². The number of halogens is 1. The maximum absolute atomic E-state index is 10.3. The highest BCUT2D eigenvalue weighted by Gasteiger charge is 2.39. The summed E-state index contributed by atoms with van der Waals surface area (Å²) in [7, 11) is 2.13. The Kier molecular flexibility index (Phi) is 2.88. The first kappa shape index (κ1) is 13.0. The summed E-state index contributed by atoms with van der Waals surface area (Å²) in [6.45, 7) is 1.92. The molecular formula is C17H16ClNO2. The summed E-state index contributed by atoms with van der Waals surface area (Å²) in [5, 5.41) is 10.8. The molecule has 0 aromatic heterocycles. The lowest BCUT2D eigenvalue weighted by Gasteiger charge is -2.17. The number of ether oxygens (including phenoxy) is 1. The number of hydrogen-bond donors (Lipinski definition) is 1. The summed E-state index contributed by atoms with van der Waals surface area (Å²) in [5.41, 5.74) is 2.21. The van der Waals surface area contributed by atoms with Crippen LogP contribution in [0.2, 0.25) is 5.02 Å². The number of rotatable bonds is 0. The SMILES string of the molecule is CN1CC2c3ccccc3Oc3c(O)cc(Cl)cc3C2C1. The Labute approximate surface area is 128 Å². The third kappa shape index (κ3) is 2.00. The molecule has 0 amide bonds. The van der Waals surface area contributed by atoms with Gasteiger partial charge in [-0.25, -0.2) is 0 Å². The van der Waals surface area contributed by atoms with Gasteiger partial charge < -0.3 is 14.7 Å². The molecule has 4 rings (SSSR count). The van der Waals surface area contributed by atoms with E-state index in [1.54, 1.807) is 6.07 Å². The van der Waals surface area contributed by atoms with E-state index in [-0.39, 0.29) is 5.75 Å². The molecule has 2 aromatic carbocycles. The molecule has 108 valence electrons. The van der Waals surface area contributed by atoms with Gasteiger partial charge in [-0.15, -0.1) is 0 Å². The van der Waals surface area contributed by atoms with E-state index in [0.717, 1.165) is 24.4 Å². The Bertz CT molecular complexity index is 716. The molecule has 0 bridgehead atoms. The molecule has 4 heteroatoms.